The largest absolute Gasteiger partial charge is 0.469 e. The zero-order chi connectivity index (χ0) is 12.1. The van der Waals surface area contributed by atoms with Crippen LogP contribution in [0.25, 0.3) is 0 Å². The van der Waals surface area contributed by atoms with Crippen molar-refractivity contribution in [3.8, 4) is 6.07 Å². The zero-order valence-corrected chi connectivity index (χ0v) is 11.8. The van der Waals surface area contributed by atoms with Gasteiger partial charge in [-0.1, -0.05) is 37.9 Å². The Morgan fingerprint density at radius 1 is 1.56 bits per heavy atom. The molecule has 0 aliphatic heterocycles. The summed E-state index contributed by atoms with van der Waals surface area (Å²) in [4.78, 5) is 11.2. The van der Waals surface area contributed by atoms with Crippen LogP contribution in [0.15, 0.2) is 16.6 Å². The fourth-order valence-corrected chi connectivity index (χ4v) is 2.25. The van der Waals surface area contributed by atoms with E-state index < -0.39 is 0 Å². The molecule has 0 fully saturated rings. The normalized spacial score (nSPS) is 9.62. The van der Waals surface area contributed by atoms with Gasteiger partial charge in [0.25, 0.3) is 0 Å². The number of hydrogen-bond donors (Lipinski definition) is 0. The first-order valence-electron chi connectivity index (χ1n) is 4.47. The molecular formula is C11H9Br2NO2. The molecular weight excluding hydrogens is 338 g/mol. The number of carbonyl (C=O) groups is 1. The van der Waals surface area contributed by atoms with Gasteiger partial charge in [-0.05, 0) is 17.2 Å². The van der Waals surface area contributed by atoms with Crippen molar-refractivity contribution in [2.24, 2.45) is 0 Å². The van der Waals surface area contributed by atoms with Gasteiger partial charge >= 0.3 is 5.97 Å². The van der Waals surface area contributed by atoms with Crippen LogP contribution in [0.2, 0.25) is 0 Å². The predicted molar refractivity (Wildman–Crippen MR) is 67.2 cm³/mol. The van der Waals surface area contributed by atoms with Gasteiger partial charge in [0.05, 0.1) is 25.2 Å². The molecule has 0 bridgehead atoms. The van der Waals surface area contributed by atoms with Gasteiger partial charge in [-0.15, -0.1) is 0 Å². The minimum atomic E-state index is -0.357. The molecule has 1 aromatic rings. The summed E-state index contributed by atoms with van der Waals surface area (Å²) in [7, 11) is 1.33. The van der Waals surface area contributed by atoms with Crippen molar-refractivity contribution in [1.82, 2.24) is 0 Å². The second kappa shape index (κ2) is 6.02. The van der Waals surface area contributed by atoms with Crippen LogP contribution in [0.4, 0.5) is 0 Å². The number of ether oxygens (including phenoxy) is 1. The average Bonchev–Trinajstić information content (AvgIpc) is 2.31. The fourth-order valence-electron chi connectivity index (χ4n) is 1.31. The standard InChI is InChI=1S/C11H9Br2NO2/c1-16-11(15)4-8-9(6-14)7(5-12)2-3-10(8)13/h2-3H,4-5H2,1H3. The highest BCUT2D eigenvalue weighted by Gasteiger charge is 2.14. The van der Waals surface area contributed by atoms with E-state index in [1.807, 2.05) is 12.1 Å². The number of carbonyl (C=O) groups excluding carboxylic acids is 1. The second-order valence-electron chi connectivity index (χ2n) is 3.06. The maximum absolute atomic E-state index is 11.2. The molecule has 5 heteroatoms. The third-order valence-corrected chi connectivity index (χ3v) is 3.49. The van der Waals surface area contributed by atoms with Crippen LogP contribution in [0.5, 0.6) is 0 Å². The number of hydrogen-bond acceptors (Lipinski definition) is 3. The van der Waals surface area contributed by atoms with Crippen molar-refractivity contribution in [2.75, 3.05) is 7.11 Å². The minimum Gasteiger partial charge on any atom is -0.469 e. The molecule has 0 aliphatic rings. The molecule has 0 saturated heterocycles. The number of halogens is 2. The average molecular weight is 347 g/mol. The molecule has 16 heavy (non-hydrogen) atoms. The number of methoxy groups -OCH3 is 1. The topological polar surface area (TPSA) is 50.1 Å². The number of alkyl halides is 1. The van der Waals surface area contributed by atoms with E-state index in [1.54, 1.807) is 0 Å². The number of nitrogens with zero attached hydrogens (tertiary/aromatic N) is 1. The van der Waals surface area contributed by atoms with Crippen molar-refractivity contribution in [2.45, 2.75) is 11.8 Å². The molecule has 1 rings (SSSR count). The summed E-state index contributed by atoms with van der Waals surface area (Å²) in [5.74, 6) is -0.357. The lowest BCUT2D eigenvalue weighted by Crippen LogP contribution is -2.08. The first kappa shape index (κ1) is 13.2. The van der Waals surface area contributed by atoms with Gasteiger partial charge in [-0.25, -0.2) is 0 Å². The molecule has 0 aliphatic carbocycles. The summed E-state index contributed by atoms with van der Waals surface area (Å²) >= 11 is 6.64. The van der Waals surface area contributed by atoms with E-state index in [9.17, 15) is 4.79 Å². The van der Waals surface area contributed by atoms with Gasteiger partial charge < -0.3 is 4.74 Å². The molecule has 0 N–H and O–H groups in total. The Hall–Kier alpha value is -0.860. The lowest BCUT2D eigenvalue weighted by molar-refractivity contribution is -0.139. The Labute approximate surface area is 111 Å². The Kier molecular flexibility index (Phi) is 4.97. The van der Waals surface area contributed by atoms with Gasteiger partial charge in [0, 0.05) is 9.80 Å². The fraction of sp³-hybridized carbons (Fsp3) is 0.273. The summed E-state index contributed by atoms with van der Waals surface area (Å²) in [6.07, 6.45) is 0.0980. The third-order valence-electron chi connectivity index (χ3n) is 2.15. The molecule has 0 spiro atoms. The first-order valence-corrected chi connectivity index (χ1v) is 6.38. The van der Waals surface area contributed by atoms with Crippen molar-refractivity contribution in [1.29, 1.82) is 5.26 Å². The van der Waals surface area contributed by atoms with E-state index in [0.717, 1.165) is 10.0 Å². The van der Waals surface area contributed by atoms with Crippen LogP contribution >= 0.6 is 31.9 Å². The highest BCUT2D eigenvalue weighted by atomic mass is 79.9. The molecule has 0 saturated carbocycles. The molecule has 0 amide bonds. The molecule has 3 nitrogen and oxygen atoms in total. The molecule has 0 aromatic heterocycles. The Balaban J connectivity index is 3.25. The van der Waals surface area contributed by atoms with Crippen LogP contribution in [0, 0.1) is 11.3 Å². The number of rotatable bonds is 3. The highest BCUT2D eigenvalue weighted by Crippen LogP contribution is 2.25. The van der Waals surface area contributed by atoms with Gasteiger partial charge in [0.2, 0.25) is 0 Å². The van der Waals surface area contributed by atoms with Crippen LogP contribution in [0.3, 0.4) is 0 Å². The van der Waals surface area contributed by atoms with Crippen molar-refractivity contribution in [3.63, 3.8) is 0 Å². The minimum absolute atomic E-state index is 0.0980. The second-order valence-corrected chi connectivity index (χ2v) is 4.47. The zero-order valence-electron chi connectivity index (χ0n) is 8.59. The van der Waals surface area contributed by atoms with Crippen molar-refractivity contribution in [3.05, 3.63) is 33.3 Å². The van der Waals surface area contributed by atoms with Crippen molar-refractivity contribution < 1.29 is 9.53 Å². The van der Waals surface area contributed by atoms with Crippen LogP contribution in [0.1, 0.15) is 16.7 Å². The summed E-state index contributed by atoms with van der Waals surface area (Å²) in [6.45, 7) is 0. The summed E-state index contributed by atoms with van der Waals surface area (Å²) in [5.41, 5.74) is 2.06. The lowest BCUT2D eigenvalue weighted by atomic mass is 10.0. The van der Waals surface area contributed by atoms with E-state index in [4.69, 9.17) is 5.26 Å². The molecule has 84 valence electrons. The van der Waals surface area contributed by atoms with E-state index in [-0.39, 0.29) is 12.4 Å². The predicted octanol–water partition coefficient (Wildman–Crippen LogP) is 2.93. The molecule has 1 aromatic carbocycles. The van der Waals surface area contributed by atoms with E-state index in [0.29, 0.717) is 16.5 Å². The summed E-state index contributed by atoms with van der Waals surface area (Å²) < 4.78 is 5.35. The van der Waals surface area contributed by atoms with Gasteiger partial charge in [-0.3, -0.25) is 4.79 Å². The van der Waals surface area contributed by atoms with E-state index in [2.05, 4.69) is 42.7 Å². The van der Waals surface area contributed by atoms with E-state index >= 15 is 0 Å². The Morgan fingerprint density at radius 2 is 2.25 bits per heavy atom. The van der Waals surface area contributed by atoms with Gasteiger partial charge in [-0.2, -0.15) is 5.26 Å². The maximum atomic E-state index is 11.2. The number of nitriles is 1. The quantitative estimate of drug-likeness (QED) is 0.624. The molecule has 0 heterocycles. The SMILES string of the molecule is COC(=O)Cc1c(Br)ccc(CBr)c1C#N. The van der Waals surface area contributed by atoms with Gasteiger partial charge in [0.1, 0.15) is 0 Å². The summed E-state index contributed by atoms with van der Waals surface area (Å²) in [5, 5.41) is 9.68. The lowest BCUT2D eigenvalue weighted by Gasteiger charge is -2.09. The molecule has 0 radical (unpaired) electrons. The maximum Gasteiger partial charge on any atom is 0.310 e. The smallest absolute Gasteiger partial charge is 0.310 e. The summed E-state index contributed by atoms with van der Waals surface area (Å²) in [6, 6.07) is 5.79. The highest BCUT2D eigenvalue weighted by molar-refractivity contribution is 9.10. The molecule has 0 atom stereocenters. The van der Waals surface area contributed by atoms with Crippen LogP contribution in [-0.2, 0) is 21.3 Å². The monoisotopic (exact) mass is 345 g/mol. The Morgan fingerprint density at radius 3 is 2.75 bits per heavy atom. The third kappa shape index (κ3) is 2.83. The van der Waals surface area contributed by atoms with E-state index in [1.165, 1.54) is 7.11 Å². The molecule has 0 unspecified atom stereocenters. The van der Waals surface area contributed by atoms with Crippen LogP contribution in [-0.4, -0.2) is 13.1 Å². The van der Waals surface area contributed by atoms with Gasteiger partial charge in [0.15, 0.2) is 0 Å². The van der Waals surface area contributed by atoms with Crippen LogP contribution < -0.4 is 0 Å². The number of esters is 1. The Bertz CT molecular complexity index is 452. The first-order chi connectivity index (χ1) is 7.63. The number of benzene rings is 1. The van der Waals surface area contributed by atoms with Crippen molar-refractivity contribution >= 4 is 37.8 Å².